The van der Waals surface area contributed by atoms with Crippen molar-refractivity contribution in [3.05, 3.63) is 12.2 Å². The summed E-state index contributed by atoms with van der Waals surface area (Å²) >= 11 is 0. The second-order valence-electron chi connectivity index (χ2n) is 19.6. The molecule has 6 nitrogen and oxygen atoms in total. The van der Waals surface area contributed by atoms with Gasteiger partial charge in [0.1, 0.15) is 0 Å². The van der Waals surface area contributed by atoms with Crippen molar-refractivity contribution >= 4 is 11.9 Å². The molecule has 0 aromatic rings. The van der Waals surface area contributed by atoms with Crippen molar-refractivity contribution in [3.63, 3.8) is 0 Å². The minimum atomic E-state index is -0.662. The molecule has 2 unspecified atom stereocenters. The maximum Gasteiger partial charge on any atom is 0.305 e. The second kappa shape index (κ2) is 53.2. The fraction of sp³-hybridized carbons (Fsp3) is 0.930. The zero-order valence-electron chi connectivity index (χ0n) is 42.6. The van der Waals surface area contributed by atoms with E-state index in [-0.39, 0.29) is 18.5 Å². The predicted molar refractivity (Wildman–Crippen MR) is 273 cm³/mol. The Morgan fingerprint density at radius 2 is 0.746 bits per heavy atom. The van der Waals surface area contributed by atoms with Crippen LogP contribution >= 0.6 is 0 Å². The smallest absolute Gasteiger partial charge is 0.305 e. The van der Waals surface area contributed by atoms with Crippen molar-refractivity contribution in [2.45, 2.75) is 328 Å². The number of hydrogen-bond acceptors (Lipinski definition) is 5. The van der Waals surface area contributed by atoms with Gasteiger partial charge in [-0.25, -0.2) is 0 Å². The van der Waals surface area contributed by atoms with Crippen LogP contribution in [0.25, 0.3) is 0 Å². The van der Waals surface area contributed by atoms with Crippen LogP contribution in [0.1, 0.15) is 316 Å². The van der Waals surface area contributed by atoms with Gasteiger partial charge in [0.05, 0.1) is 25.4 Å². The van der Waals surface area contributed by atoms with E-state index in [2.05, 4.69) is 31.3 Å². The van der Waals surface area contributed by atoms with Gasteiger partial charge in [0.2, 0.25) is 5.91 Å². The Hall–Kier alpha value is -1.40. The number of carbonyl (C=O) groups excluding carboxylic acids is 2. The van der Waals surface area contributed by atoms with Gasteiger partial charge in [0, 0.05) is 12.8 Å². The van der Waals surface area contributed by atoms with Crippen molar-refractivity contribution in [2.24, 2.45) is 0 Å². The minimum absolute atomic E-state index is 0.0141. The molecule has 0 fully saturated rings. The Labute approximate surface area is 393 Å². The first kappa shape index (κ1) is 61.6. The van der Waals surface area contributed by atoms with E-state index in [0.29, 0.717) is 25.9 Å². The third-order valence-electron chi connectivity index (χ3n) is 13.3. The zero-order valence-corrected chi connectivity index (χ0v) is 42.6. The molecule has 0 aliphatic heterocycles. The lowest BCUT2D eigenvalue weighted by atomic mass is 10.0. The summed E-state index contributed by atoms with van der Waals surface area (Å²) in [5, 5.41) is 23.1. The predicted octanol–water partition coefficient (Wildman–Crippen LogP) is 17.3. The quantitative estimate of drug-likeness (QED) is 0.0321. The summed E-state index contributed by atoms with van der Waals surface area (Å²) in [4.78, 5) is 24.4. The number of aliphatic hydroxyl groups is 2. The van der Waals surface area contributed by atoms with Gasteiger partial charge in [-0.05, 0) is 51.4 Å². The largest absolute Gasteiger partial charge is 0.466 e. The molecule has 0 bridgehead atoms. The van der Waals surface area contributed by atoms with E-state index in [1.165, 1.54) is 244 Å². The fourth-order valence-corrected chi connectivity index (χ4v) is 8.93. The van der Waals surface area contributed by atoms with Crippen LogP contribution in [0.2, 0.25) is 0 Å². The molecule has 0 aliphatic carbocycles. The lowest BCUT2D eigenvalue weighted by Gasteiger charge is -2.22. The van der Waals surface area contributed by atoms with Crippen LogP contribution in [0.4, 0.5) is 0 Å². The molecule has 1 amide bonds. The summed E-state index contributed by atoms with van der Waals surface area (Å²) in [5.41, 5.74) is 0. The van der Waals surface area contributed by atoms with E-state index in [9.17, 15) is 19.8 Å². The van der Waals surface area contributed by atoms with Crippen molar-refractivity contribution < 1.29 is 24.5 Å². The lowest BCUT2D eigenvalue weighted by Crippen LogP contribution is -2.45. The van der Waals surface area contributed by atoms with E-state index in [0.717, 1.165) is 38.5 Å². The first-order chi connectivity index (χ1) is 31.0. The number of unbranched alkanes of at least 4 members (excludes halogenated alkanes) is 40. The third-order valence-corrected chi connectivity index (χ3v) is 13.3. The first-order valence-corrected chi connectivity index (χ1v) is 28.4. The molecule has 0 heterocycles. The van der Waals surface area contributed by atoms with Crippen LogP contribution in [0.15, 0.2) is 12.2 Å². The summed E-state index contributed by atoms with van der Waals surface area (Å²) in [5.74, 6) is -0.0243. The molecule has 0 saturated heterocycles. The van der Waals surface area contributed by atoms with Crippen LogP contribution in [0.5, 0.6) is 0 Å². The Kier molecular flexibility index (Phi) is 52.0. The Morgan fingerprint density at radius 3 is 1.13 bits per heavy atom. The molecule has 0 radical (unpaired) electrons. The monoisotopic (exact) mass is 890 g/mol. The summed E-state index contributed by atoms with van der Waals surface area (Å²) in [7, 11) is 0. The summed E-state index contributed by atoms with van der Waals surface area (Å²) < 4.78 is 5.46. The van der Waals surface area contributed by atoms with Gasteiger partial charge in [-0.2, -0.15) is 0 Å². The van der Waals surface area contributed by atoms with Crippen LogP contribution in [0.3, 0.4) is 0 Å². The first-order valence-electron chi connectivity index (χ1n) is 28.4. The van der Waals surface area contributed by atoms with Crippen LogP contribution in [0, 0.1) is 0 Å². The molecule has 0 aromatic heterocycles. The Balaban J connectivity index is 3.35. The topological polar surface area (TPSA) is 95.9 Å². The van der Waals surface area contributed by atoms with Gasteiger partial charge < -0.3 is 20.3 Å². The zero-order chi connectivity index (χ0) is 45.8. The van der Waals surface area contributed by atoms with Gasteiger partial charge in [-0.3, -0.25) is 9.59 Å². The van der Waals surface area contributed by atoms with Gasteiger partial charge in [-0.15, -0.1) is 0 Å². The number of rotatable bonds is 53. The Bertz CT molecular complexity index is 939. The maximum atomic E-state index is 12.4. The third kappa shape index (κ3) is 49.9. The number of amides is 1. The molecule has 3 N–H and O–H groups in total. The maximum absolute atomic E-state index is 12.4. The average molecular weight is 891 g/mol. The number of carbonyl (C=O) groups is 2. The van der Waals surface area contributed by atoms with Gasteiger partial charge >= 0.3 is 5.97 Å². The molecule has 0 spiro atoms. The van der Waals surface area contributed by atoms with E-state index < -0.39 is 12.1 Å². The number of nitrogens with one attached hydrogen (secondary N) is 1. The highest BCUT2D eigenvalue weighted by atomic mass is 16.5. The number of esters is 1. The van der Waals surface area contributed by atoms with Gasteiger partial charge in [0.25, 0.3) is 0 Å². The molecule has 63 heavy (non-hydrogen) atoms. The summed E-state index contributed by atoms with van der Waals surface area (Å²) in [6, 6.07) is -0.539. The molecule has 0 rings (SSSR count). The molecular weight excluding hydrogens is 779 g/mol. The van der Waals surface area contributed by atoms with Crippen molar-refractivity contribution in [3.8, 4) is 0 Å². The summed E-state index contributed by atoms with van der Waals surface area (Å²) in [6.07, 6.45) is 62.2. The van der Waals surface area contributed by atoms with E-state index in [1.54, 1.807) is 0 Å². The highest BCUT2D eigenvalue weighted by molar-refractivity contribution is 5.76. The van der Waals surface area contributed by atoms with E-state index in [4.69, 9.17) is 4.74 Å². The Morgan fingerprint density at radius 1 is 0.429 bits per heavy atom. The van der Waals surface area contributed by atoms with Gasteiger partial charge in [-0.1, -0.05) is 264 Å². The molecule has 2 atom stereocenters. The van der Waals surface area contributed by atoms with Crippen molar-refractivity contribution in [1.82, 2.24) is 5.32 Å². The molecule has 6 heteroatoms. The normalized spacial score (nSPS) is 12.6. The highest BCUT2D eigenvalue weighted by Crippen LogP contribution is 2.17. The number of hydrogen-bond donors (Lipinski definition) is 3. The second-order valence-corrected chi connectivity index (χ2v) is 19.6. The van der Waals surface area contributed by atoms with Crippen molar-refractivity contribution in [2.75, 3.05) is 13.2 Å². The number of aliphatic hydroxyl groups excluding tert-OH is 2. The van der Waals surface area contributed by atoms with Crippen LogP contribution < -0.4 is 5.32 Å². The molecule has 0 saturated carbocycles. The summed E-state index contributed by atoms with van der Waals surface area (Å²) in [6.45, 7) is 4.94. The van der Waals surface area contributed by atoms with E-state index in [1.807, 2.05) is 0 Å². The number of ether oxygens (including phenoxy) is 1. The van der Waals surface area contributed by atoms with Gasteiger partial charge in [0.15, 0.2) is 0 Å². The number of allylic oxidation sites excluding steroid dienone is 2. The molecule has 374 valence electrons. The standard InChI is InChI=1S/C57H111NO5/c1-3-5-7-9-11-13-30-35-39-43-47-51-57(62)63-52-48-44-40-36-32-29-27-25-23-21-19-17-15-14-16-18-20-22-24-26-28-31-34-38-42-46-50-56(61)58-54(53-59)55(60)49-45-41-37-33-12-10-8-6-4-2/h14,16,54-55,59-60H,3-13,15,17-53H2,1-2H3,(H,58,61)/b16-14-. The SMILES string of the molecule is CCCCCCCCCCCCCC(=O)OCCCCCCCCCCCCCC/C=C\CCCCCCCCCCCCC(=O)NC(CO)C(O)CCCCCCCCCCC. The van der Waals surface area contributed by atoms with E-state index >= 15 is 0 Å². The lowest BCUT2D eigenvalue weighted by molar-refractivity contribution is -0.143. The highest BCUT2D eigenvalue weighted by Gasteiger charge is 2.20. The molecule has 0 aliphatic rings. The average Bonchev–Trinajstić information content (AvgIpc) is 3.28. The van der Waals surface area contributed by atoms with Crippen molar-refractivity contribution in [1.29, 1.82) is 0 Å². The molecule has 0 aromatic carbocycles. The molecular formula is C57H111NO5. The van der Waals surface area contributed by atoms with Crippen LogP contribution in [-0.2, 0) is 14.3 Å². The minimum Gasteiger partial charge on any atom is -0.466 e. The fourth-order valence-electron chi connectivity index (χ4n) is 8.93. The van der Waals surface area contributed by atoms with Crippen LogP contribution in [-0.4, -0.2) is 47.4 Å².